The molecule has 1 atom stereocenters. The first kappa shape index (κ1) is 14.7. The fraction of sp³-hybridized carbons (Fsp3) is 0.267. The van der Waals surface area contributed by atoms with Crippen molar-refractivity contribution in [2.45, 2.75) is 6.92 Å². The van der Waals surface area contributed by atoms with E-state index in [1.54, 1.807) is 24.3 Å². The van der Waals surface area contributed by atoms with Gasteiger partial charge in [-0.3, -0.25) is 4.79 Å². The van der Waals surface area contributed by atoms with E-state index in [0.717, 1.165) is 0 Å². The molecule has 0 N–H and O–H groups in total. The van der Waals surface area contributed by atoms with Crippen molar-refractivity contribution in [2.75, 3.05) is 13.2 Å². The Morgan fingerprint density at radius 3 is 2.57 bits per heavy atom. The summed E-state index contributed by atoms with van der Waals surface area (Å²) in [5.41, 5.74) is 0.915. The Bertz CT molecular complexity index is 696. The van der Waals surface area contributed by atoms with Gasteiger partial charge in [-0.05, 0) is 24.3 Å². The van der Waals surface area contributed by atoms with Gasteiger partial charge in [0.2, 0.25) is 0 Å². The number of hydrogen-bond donors (Lipinski definition) is 0. The molecule has 0 fully saturated rings. The van der Waals surface area contributed by atoms with Crippen molar-refractivity contribution >= 4 is 40.3 Å². The third-order valence-corrected chi connectivity index (χ3v) is 4.64. The van der Waals surface area contributed by atoms with Crippen LogP contribution < -0.4 is 9.47 Å². The van der Waals surface area contributed by atoms with E-state index in [0.29, 0.717) is 50.4 Å². The van der Waals surface area contributed by atoms with Crippen molar-refractivity contribution in [3.63, 3.8) is 0 Å². The van der Waals surface area contributed by atoms with Crippen LogP contribution >= 0.6 is 34.5 Å². The van der Waals surface area contributed by atoms with Crippen molar-refractivity contribution in [2.24, 2.45) is 5.92 Å². The topological polar surface area (TPSA) is 35.5 Å². The molecule has 2 aromatic rings. The van der Waals surface area contributed by atoms with Gasteiger partial charge in [-0.1, -0.05) is 30.1 Å². The van der Waals surface area contributed by atoms with E-state index in [9.17, 15) is 4.79 Å². The molecule has 0 spiro atoms. The summed E-state index contributed by atoms with van der Waals surface area (Å²) in [6, 6.07) is 6.74. The average Bonchev–Trinajstić information content (AvgIpc) is 2.69. The molecule has 3 rings (SSSR count). The minimum absolute atomic E-state index is 0.174. The summed E-state index contributed by atoms with van der Waals surface area (Å²) in [5, 5.41) is 0. The molecule has 1 aromatic carbocycles. The van der Waals surface area contributed by atoms with Crippen LogP contribution in [-0.4, -0.2) is 19.0 Å². The lowest BCUT2D eigenvalue weighted by Crippen LogP contribution is -2.12. The van der Waals surface area contributed by atoms with E-state index < -0.39 is 0 Å². The van der Waals surface area contributed by atoms with Crippen LogP contribution in [0.1, 0.15) is 22.8 Å². The van der Waals surface area contributed by atoms with E-state index >= 15 is 0 Å². The van der Waals surface area contributed by atoms with E-state index in [-0.39, 0.29) is 5.78 Å². The number of hydrogen-bond acceptors (Lipinski definition) is 4. The number of ketones is 1. The summed E-state index contributed by atoms with van der Waals surface area (Å²) in [5.74, 6) is 1.38. The Morgan fingerprint density at radius 2 is 1.90 bits per heavy atom. The molecule has 21 heavy (non-hydrogen) atoms. The molecular weight excluding hydrogens is 331 g/mol. The smallest absolute Gasteiger partial charge is 0.195 e. The first-order valence-electron chi connectivity index (χ1n) is 6.44. The van der Waals surface area contributed by atoms with E-state index in [1.807, 2.05) is 6.92 Å². The van der Waals surface area contributed by atoms with Crippen LogP contribution in [0.5, 0.6) is 11.5 Å². The SMILES string of the molecule is CC1COc2ccc(C(=O)c3cc(Cl)sc3Cl)cc2OC1. The second kappa shape index (κ2) is 5.87. The van der Waals surface area contributed by atoms with Crippen LogP contribution in [0.2, 0.25) is 8.67 Å². The summed E-state index contributed by atoms with van der Waals surface area (Å²) in [6.07, 6.45) is 0. The monoisotopic (exact) mass is 342 g/mol. The number of fused-ring (bicyclic) bond motifs is 1. The molecule has 0 radical (unpaired) electrons. The Labute approximate surface area is 136 Å². The molecule has 1 aromatic heterocycles. The molecule has 110 valence electrons. The molecule has 0 amide bonds. The molecular formula is C15H12Cl2O3S. The normalized spacial score (nSPS) is 17.4. The predicted molar refractivity (Wildman–Crippen MR) is 84.4 cm³/mol. The van der Waals surface area contributed by atoms with E-state index in [1.165, 1.54) is 11.3 Å². The fourth-order valence-electron chi connectivity index (χ4n) is 2.04. The fourth-order valence-corrected chi connectivity index (χ4v) is 3.50. The van der Waals surface area contributed by atoms with Crippen LogP contribution in [0, 0.1) is 5.92 Å². The Hall–Kier alpha value is -1.23. The second-order valence-electron chi connectivity index (χ2n) is 4.96. The zero-order valence-electron chi connectivity index (χ0n) is 11.2. The molecule has 2 heterocycles. The van der Waals surface area contributed by atoms with Crippen LogP contribution in [0.3, 0.4) is 0 Å². The highest BCUT2D eigenvalue weighted by Gasteiger charge is 2.20. The highest BCUT2D eigenvalue weighted by Crippen LogP contribution is 2.35. The predicted octanol–water partition coefficient (Wildman–Crippen LogP) is 4.69. The van der Waals surface area contributed by atoms with E-state index in [4.69, 9.17) is 32.7 Å². The lowest BCUT2D eigenvalue weighted by atomic mass is 10.1. The Kier molecular flexibility index (Phi) is 4.11. The van der Waals surface area contributed by atoms with Crippen LogP contribution in [0.4, 0.5) is 0 Å². The number of rotatable bonds is 2. The summed E-state index contributed by atoms with van der Waals surface area (Å²) >= 11 is 13.1. The van der Waals surface area contributed by atoms with Gasteiger partial charge in [0.1, 0.15) is 4.34 Å². The highest BCUT2D eigenvalue weighted by molar-refractivity contribution is 7.20. The number of halogens is 2. The second-order valence-corrected chi connectivity index (χ2v) is 7.24. The maximum atomic E-state index is 12.5. The highest BCUT2D eigenvalue weighted by atomic mass is 35.5. The standard InChI is InChI=1S/C15H12Cl2O3S/c1-8-6-19-11-3-2-9(4-12(11)20-7-8)14(18)10-5-13(16)21-15(10)17/h2-5,8H,6-7H2,1H3. The first-order valence-corrected chi connectivity index (χ1v) is 8.01. The average molecular weight is 343 g/mol. The first-order chi connectivity index (χ1) is 10.0. The summed E-state index contributed by atoms with van der Waals surface area (Å²) in [7, 11) is 0. The molecule has 1 unspecified atom stereocenters. The van der Waals surface area contributed by atoms with Crippen LogP contribution in [0.15, 0.2) is 24.3 Å². The van der Waals surface area contributed by atoms with E-state index in [2.05, 4.69) is 0 Å². The molecule has 0 aliphatic carbocycles. The Balaban J connectivity index is 1.93. The number of carbonyl (C=O) groups excluding carboxylic acids is 1. The number of carbonyl (C=O) groups is 1. The third kappa shape index (κ3) is 3.03. The van der Waals surface area contributed by atoms with Gasteiger partial charge in [0.15, 0.2) is 17.3 Å². The van der Waals surface area contributed by atoms with Gasteiger partial charge < -0.3 is 9.47 Å². The van der Waals surface area contributed by atoms with Crippen molar-refractivity contribution in [3.8, 4) is 11.5 Å². The van der Waals surface area contributed by atoms with Crippen molar-refractivity contribution in [1.29, 1.82) is 0 Å². The summed E-state index contributed by atoms with van der Waals surface area (Å²) < 4.78 is 12.2. The molecule has 1 aliphatic heterocycles. The summed E-state index contributed by atoms with van der Waals surface area (Å²) in [6.45, 7) is 3.22. The largest absolute Gasteiger partial charge is 0.489 e. The summed E-state index contributed by atoms with van der Waals surface area (Å²) in [4.78, 5) is 12.5. The maximum Gasteiger partial charge on any atom is 0.195 e. The van der Waals surface area contributed by atoms with Gasteiger partial charge in [0.25, 0.3) is 0 Å². The quantitative estimate of drug-likeness (QED) is 0.742. The zero-order valence-corrected chi connectivity index (χ0v) is 13.5. The van der Waals surface area contributed by atoms with Crippen LogP contribution in [0.25, 0.3) is 0 Å². The molecule has 0 bridgehead atoms. The van der Waals surface area contributed by atoms with Crippen molar-refractivity contribution in [1.82, 2.24) is 0 Å². The minimum Gasteiger partial charge on any atom is -0.489 e. The number of benzene rings is 1. The van der Waals surface area contributed by atoms with Gasteiger partial charge in [-0.25, -0.2) is 0 Å². The van der Waals surface area contributed by atoms with Crippen molar-refractivity contribution < 1.29 is 14.3 Å². The lowest BCUT2D eigenvalue weighted by molar-refractivity contribution is 0.103. The molecule has 0 saturated heterocycles. The van der Waals surface area contributed by atoms with Gasteiger partial charge >= 0.3 is 0 Å². The van der Waals surface area contributed by atoms with Gasteiger partial charge in [-0.15, -0.1) is 11.3 Å². The minimum atomic E-state index is -0.174. The molecule has 0 saturated carbocycles. The molecule has 6 heteroatoms. The Morgan fingerprint density at radius 1 is 1.19 bits per heavy atom. The van der Waals surface area contributed by atoms with Gasteiger partial charge in [0.05, 0.1) is 23.1 Å². The van der Waals surface area contributed by atoms with Gasteiger partial charge in [0, 0.05) is 11.5 Å². The zero-order chi connectivity index (χ0) is 15.0. The lowest BCUT2D eigenvalue weighted by Gasteiger charge is -2.08. The van der Waals surface area contributed by atoms with Crippen molar-refractivity contribution in [3.05, 3.63) is 44.1 Å². The molecule has 1 aliphatic rings. The van der Waals surface area contributed by atoms with Gasteiger partial charge in [-0.2, -0.15) is 0 Å². The number of thiophene rings is 1. The van der Waals surface area contributed by atoms with Crippen LogP contribution in [-0.2, 0) is 0 Å². The number of ether oxygens (including phenoxy) is 2. The maximum absolute atomic E-state index is 12.5. The third-order valence-electron chi connectivity index (χ3n) is 3.15. The molecule has 3 nitrogen and oxygen atoms in total.